The first-order valence-electron chi connectivity index (χ1n) is 6.16. The zero-order valence-electron chi connectivity index (χ0n) is 11.5. The van der Waals surface area contributed by atoms with Crippen LogP contribution in [0.25, 0.3) is 0 Å². The van der Waals surface area contributed by atoms with Crippen LogP contribution < -0.4 is 10.1 Å². The lowest BCUT2D eigenvalue weighted by molar-refractivity contribution is -0.386. The molecule has 0 aromatic heterocycles. The van der Waals surface area contributed by atoms with E-state index in [2.05, 4.69) is 5.32 Å². The monoisotopic (exact) mass is 268 g/mol. The van der Waals surface area contributed by atoms with Gasteiger partial charge in [-0.3, -0.25) is 10.1 Å². The minimum Gasteiger partial charge on any atom is -0.484 e. The third-order valence-corrected chi connectivity index (χ3v) is 2.61. The number of nitro groups is 1. The number of aliphatic hydroxyl groups is 1. The van der Waals surface area contributed by atoms with Crippen molar-refractivity contribution in [1.29, 1.82) is 0 Å². The topological polar surface area (TPSA) is 84.6 Å². The zero-order valence-corrected chi connectivity index (χ0v) is 11.5. The lowest BCUT2D eigenvalue weighted by Gasteiger charge is -2.23. The molecule has 0 bridgehead atoms. The van der Waals surface area contributed by atoms with E-state index in [1.54, 1.807) is 19.1 Å². The summed E-state index contributed by atoms with van der Waals surface area (Å²) >= 11 is 0. The first-order chi connectivity index (χ1) is 8.85. The predicted molar refractivity (Wildman–Crippen MR) is 72.5 cm³/mol. The number of rotatable bonds is 7. The Morgan fingerprint density at radius 3 is 2.79 bits per heavy atom. The molecular formula is C13H20N2O4. The highest BCUT2D eigenvalue weighted by Gasteiger charge is 2.23. The Morgan fingerprint density at radius 2 is 2.21 bits per heavy atom. The second kappa shape index (κ2) is 6.49. The molecule has 1 aromatic rings. The van der Waals surface area contributed by atoms with E-state index in [4.69, 9.17) is 4.74 Å². The number of nitrogens with one attached hydrogen (secondary N) is 1. The zero-order chi connectivity index (χ0) is 14.5. The molecule has 1 rings (SSSR count). The average Bonchev–Trinajstić information content (AvgIpc) is 2.34. The Hall–Kier alpha value is -1.66. The second-order valence-electron chi connectivity index (χ2n) is 4.79. The van der Waals surface area contributed by atoms with Gasteiger partial charge in [-0.15, -0.1) is 0 Å². The average molecular weight is 268 g/mol. The van der Waals surface area contributed by atoms with Crippen molar-refractivity contribution < 1.29 is 14.8 Å². The van der Waals surface area contributed by atoms with Crippen molar-refractivity contribution in [2.75, 3.05) is 19.7 Å². The third kappa shape index (κ3) is 4.84. The molecule has 1 unspecified atom stereocenters. The quantitative estimate of drug-likeness (QED) is 0.580. The fraction of sp³-hybridized carbons (Fsp3) is 0.538. The maximum Gasteiger partial charge on any atom is 0.310 e. The smallest absolute Gasteiger partial charge is 0.310 e. The summed E-state index contributed by atoms with van der Waals surface area (Å²) in [6.45, 7) is 6.47. The molecule has 0 aliphatic heterocycles. The summed E-state index contributed by atoms with van der Waals surface area (Å²) in [4.78, 5) is 10.4. The van der Waals surface area contributed by atoms with Crippen molar-refractivity contribution in [1.82, 2.24) is 5.32 Å². The van der Waals surface area contributed by atoms with E-state index in [0.29, 0.717) is 6.54 Å². The lowest BCUT2D eigenvalue weighted by atomic mass is 10.1. The SMILES string of the molecule is CCNCC(C)(O)COc1cc(C)ccc1[N+](=O)[O-]. The molecule has 2 N–H and O–H groups in total. The van der Waals surface area contributed by atoms with Crippen LogP contribution >= 0.6 is 0 Å². The molecule has 0 saturated carbocycles. The van der Waals surface area contributed by atoms with E-state index in [-0.39, 0.29) is 18.0 Å². The molecule has 0 radical (unpaired) electrons. The van der Waals surface area contributed by atoms with Crippen LogP contribution in [-0.2, 0) is 0 Å². The summed E-state index contributed by atoms with van der Waals surface area (Å²) in [5.74, 6) is 0.182. The highest BCUT2D eigenvalue weighted by Crippen LogP contribution is 2.28. The molecule has 0 aliphatic carbocycles. The molecule has 1 aromatic carbocycles. The van der Waals surface area contributed by atoms with Crippen LogP contribution in [0.2, 0.25) is 0 Å². The van der Waals surface area contributed by atoms with Gasteiger partial charge in [-0.05, 0) is 32.0 Å². The van der Waals surface area contributed by atoms with Gasteiger partial charge >= 0.3 is 5.69 Å². The van der Waals surface area contributed by atoms with Gasteiger partial charge < -0.3 is 15.2 Å². The molecule has 19 heavy (non-hydrogen) atoms. The molecule has 0 spiro atoms. The maximum absolute atomic E-state index is 10.9. The van der Waals surface area contributed by atoms with Gasteiger partial charge in [-0.2, -0.15) is 0 Å². The van der Waals surface area contributed by atoms with Crippen molar-refractivity contribution in [3.8, 4) is 5.75 Å². The molecule has 106 valence electrons. The van der Waals surface area contributed by atoms with E-state index in [9.17, 15) is 15.2 Å². The van der Waals surface area contributed by atoms with Crippen LogP contribution in [0.5, 0.6) is 5.75 Å². The van der Waals surface area contributed by atoms with Gasteiger partial charge in [0.2, 0.25) is 0 Å². The van der Waals surface area contributed by atoms with Crippen molar-refractivity contribution in [2.45, 2.75) is 26.4 Å². The molecule has 6 nitrogen and oxygen atoms in total. The Labute approximate surface area is 112 Å². The van der Waals surface area contributed by atoms with Gasteiger partial charge in [-0.25, -0.2) is 0 Å². The fourth-order valence-electron chi connectivity index (χ4n) is 1.57. The van der Waals surface area contributed by atoms with Crippen molar-refractivity contribution in [2.24, 2.45) is 0 Å². The number of nitrogens with zero attached hydrogens (tertiary/aromatic N) is 1. The number of ether oxygens (including phenoxy) is 1. The van der Waals surface area contributed by atoms with Crippen molar-refractivity contribution in [3.63, 3.8) is 0 Å². The Balaban J connectivity index is 2.76. The van der Waals surface area contributed by atoms with Crippen molar-refractivity contribution in [3.05, 3.63) is 33.9 Å². The standard InChI is InChI=1S/C13H20N2O4/c1-4-14-8-13(3,16)9-19-12-7-10(2)5-6-11(12)15(17)18/h5-7,14,16H,4,8-9H2,1-3H3. The van der Waals surface area contributed by atoms with Gasteiger partial charge in [-0.1, -0.05) is 13.0 Å². The minimum absolute atomic E-state index is 0.00963. The van der Waals surface area contributed by atoms with E-state index < -0.39 is 10.5 Å². The lowest BCUT2D eigenvalue weighted by Crippen LogP contribution is -2.42. The molecule has 0 fully saturated rings. The first kappa shape index (κ1) is 15.4. The maximum atomic E-state index is 10.9. The largest absolute Gasteiger partial charge is 0.484 e. The van der Waals surface area contributed by atoms with Crippen LogP contribution in [0.15, 0.2) is 18.2 Å². The summed E-state index contributed by atoms with van der Waals surface area (Å²) in [5.41, 5.74) is -0.301. The van der Waals surface area contributed by atoms with Gasteiger partial charge in [0, 0.05) is 12.6 Å². The molecule has 6 heteroatoms. The highest BCUT2D eigenvalue weighted by molar-refractivity contribution is 5.48. The first-order valence-corrected chi connectivity index (χ1v) is 6.16. The van der Waals surface area contributed by atoms with Gasteiger partial charge in [0.05, 0.1) is 4.92 Å². The van der Waals surface area contributed by atoms with Crippen molar-refractivity contribution >= 4 is 5.69 Å². The second-order valence-corrected chi connectivity index (χ2v) is 4.79. The van der Waals surface area contributed by atoms with Gasteiger partial charge in [0.1, 0.15) is 12.2 Å². The molecule has 0 aliphatic rings. The summed E-state index contributed by atoms with van der Waals surface area (Å²) in [7, 11) is 0. The molecule has 0 saturated heterocycles. The Kier molecular flexibility index (Phi) is 5.26. The van der Waals surface area contributed by atoms with Crippen LogP contribution in [-0.4, -0.2) is 35.3 Å². The van der Waals surface area contributed by atoms with E-state index in [1.807, 2.05) is 13.8 Å². The molecule has 0 amide bonds. The van der Waals surface area contributed by atoms with Crippen LogP contribution in [0.1, 0.15) is 19.4 Å². The number of benzene rings is 1. The van der Waals surface area contributed by atoms with Crippen LogP contribution in [0.4, 0.5) is 5.69 Å². The fourth-order valence-corrected chi connectivity index (χ4v) is 1.57. The highest BCUT2D eigenvalue weighted by atomic mass is 16.6. The number of hydrogen-bond acceptors (Lipinski definition) is 5. The van der Waals surface area contributed by atoms with E-state index in [1.165, 1.54) is 6.07 Å². The third-order valence-electron chi connectivity index (χ3n) is 2.61. The minimum atomic E-state index is -1.08. The Bertz CT molecular complexity index is 446. The number of likely N-dealkylation sites (N-methyl/N-ethyl adjacent to an activating group) is 1. The number of nitro benzene ring substituents is 1. The van der Waals surface area contributed by atoms with E-state index in [0.717, 1.165) is 12.1 Å². The van der Waals surface area contributed by atoms with Gasteiger partial charge in [0.15, 0.2) is 5.75 Å². The summed E-state index contributed by atoms with van der Waals surface area (Å²) in [6.07, 6.45) is 0. The summed E-state index contributed by atoms with van der Waals surface area (Å²) in [5, 5.41) is 23.9. The summed E-state index contributed by atoms with van der Waals surface area (Å²) < 4.78 is 5.41. The van der Waals surface area contributed by atoms with Crippen LogP contribution in [0.3, 0.4) is 0 Å². The summed E-state index contributed by atoms with van der Waals surface area (Å²) in [6, 6.07) is 4.66. The number of aryl methyl sites for hydroxylation is 1. The molecular weight excluding hydrogens is 248 g/mol. The normalized spacial score (nSPS) is 13.9. The van der Waals surface area contributed by atoms with E-state index >= 15 is 0 Å². The number of hydrogen-bond donors (Lipinski definition) is 2. The van der Waals surface area contributed by atoms with Gasteiger partial charge in [0.25, 0.3) is 0 Å². The van der Waals surface area contributed by atoms with Crippen LogP contribution in [0, 0.1) is 17.0 Å². The predicted octanol–water partition coefficient (Wildman–Crippen LogP) is 1.64. The molecule has 1 atom stereocenters. The molecule has 0 heterocycles. The Morgan fingerprint density at radius 1 is 1.53 bits per heavy atom.